The first-order chi connectivity index (χ1) is 10.5. The van der Waals surface area contributed by atoms with Crippen LogP contribution in [0.1, 0.15) is 21.1 Å². The van der Waals surface area contributed by atoms with Crippen LogP contribution in [-0.4, -0.2) is 15.9 Å². The van der Waals surface area contributed by atoms with E-state index in [2.05, 4.69) is 31.2 Å². The van der Waals surface area contributed by atoms with Crippen molar-refractivity contribution in [2.24, 2.45) is 0 Å². The van der Waals surface area contributed by atoms with Gasteiger partial charge in [-0.3, -0.25) is 4.79 Å². The van der Waals surface area contributed by atoms with Crippen LogP contribution in [0, 0.1) is 13.8 Å². The summed E-state index contributed by atoms with van der Waals surface area (Å²) in [7, 11) is 0. The summed E-state index contributed by atoms with van der Waals surface area (Å²) in [4.78, 5) is 21.5. The van der Waals surface area contributed by atoms with Crippen molar-refractivity contribution in [1.82, 2.24) is 9.97 Å². The standard InChI is InChI=1S/C15H12BrN3O2S/c1-8-5-6-11(21-8)15-18-9(2)12(22-15)14(20)19-13-10(16)4-3-7-17-13/h3-7H,1-2H3,(H,17,19,20). The lowest BCUT2D eigenvalue weighted by Gasteiger charge is -2.04. The molecule has 0 saturated carbocycles. The van der Waals surface area contributed by atoms with Crippen molar-refractivity contribution in [2.45, 2.75) is 13.8 Å². The van der Waals surface area contributed by atoms with Crippen LogP contribution in [0.5, 0.6) is 0 Å². The van der Waals surface area contributed by atoms with Crippen LogP contribution in [0.15, 0.2) is 39.4 Å². The zero-order valence-electron chi connectivity index (χ0n) is 11.9. The van der Waals surface area contributed by atoms with Gasteiger partial charge in [0.15, 0.2) is 10.8 Å². The van der Waals surface area contributed by atoms with Gasteiger partial charge in [0.25, 0.3) is 5.91 Å². The highest BCUT2D eigenvalue weighted by molar-refractivity contribution is 9.10. The van der Waals surface area contributed by atoms with Gasteiger partial charge in [-0.15, -0.1) is 11.3 Å². The maximum atomic E-state index is 12.4. The van der Waals surface area contributed by atoms with E-state index >= 15 is 0 Å². The highest BCUT2D eigenvalue weighted by Gasteiger charge is 2.18. The summed E-state index contributed by atoms with van der Waals surface area (Å²) in [5.74, 6) is 1.73. The number of amides is 1. The third-order valence-electron chi connectivity index (χ3n) is 2.94. The normalized spacial score (nSPS) is 10.7. The fourth-order valence-corrected chi connectivity index (χ4v) is 3.18. The van der Waals surface area contributed by atoms with Gasteiger partial charge in [0.2, 0.25) is 0 Å². The molecule has 1 N–H and O–H groups in total. The summed E-state index contributed by atoms with van der Waals surface area (Å²) in [5, 5.41) is 3.47. The van der Waals surface area contributed by atoms with Gasteiger partial charge in [0.05, 0.1) is 10.2 Å². The minimum absolute atomic E-state index is 0.232. The Hall–Kier alpha value is -1.99. The monoisotopic (exact) mass is 377 g/mol. The molecule has 0 unspecified atom stereocenters. The molecular weight excluding hydrogens is 366 g/mol. The number of thiazole rings is 1. The SMILES string of the molecule is Cc1ccc(-c2nc(C)c(C(=O)Nc3ncccc3Br)s2)o1. The van der Waals surface area contributed by atoms with Crippen LogP contribution < -0.4 is 5.32 Å². The van der Waals surface area contributed by atoms with Crippen molar-refractivity contribution >= 4 is 39.0 Å². The Labute approximate surface area is 139 Å². The number of pyridine rings is 1. The van der Waals surface area contributed by atoms with Gasteiger partial charge in [-0.1, -0.05) is 0 Å². The molecule has 0 bridgehead atoms. The number of anilines is 1. The second-order valence-electron chi connectivity index (χ2n) is 4.63. The third kappa shape index (κ3) is 2.95. The van der Waals surface area contributed by atoms with E-state index in [1.165, 1.54) is 11.3 Å². The lowest BCUT2D eigenvalue weighted by atomic mass is 10.3. The molecule has 0 aliphatic carbocycles. The molecule has 3 rings (SSSR count). The maximum Gasteiger partial charge on any atom is 0.268 e. The number of hydrogen-bond acceptors (Lipinski definition) is 5. The second kappa shape index (κ2) is 6.02. The second-order valence-corrected chi connectivity index (χ2v) is 6.49. The Balaban J connectivity index is 1.87. The minimum atomic E-state index is -0.232. The Morgan fingerprint density at radius 1 is 1.32 bits per heavy atom. The van der Waals surface area contributed by atoms with Gasteiger partial charge >= 0.3 is 0 Å². The molecule has 0 spiro atoms. The molecule has 112 valence electrons. The molecule has 3 aromatic heterocycles. The third-order valence-corrected chi connectivity index (χ3v) is 4.76. The van der Waals surface area contributed by atoms with Gasteiger partial charge in [-0.05, 0) is 54.0 Å². The van der Waals surface area contributed by atoms with Crippen molar-refractivity contribution in [3.63, 3.8) is 0 Å². The molecule has 0 fully saturated rings. The van der Waals surface area contributed by atoms with E-state index in [9.17, 15) is 4.79 Å². The first kappa shape index (κ1) is 14.9. The van der Waals surface area contributed by atoms with Gasteiger partial charge < -0.3 is 9.73 Å². The summed E-state index contributed by atoms with van der Waals surface area (Å²) in [5.41, 5.74) is 0.665. The topological polar surface area (TPSA) is 68.0 Å². The van der Waals surface area contributed by atoms with E-state index in [4.69, 9.17) is 4.42 Å². The zero-order chi connectivity index (χ0) is 15.7. The average Bonchev–Trinajstić information content (AvgIpc) is 3.07. The number of carbonyl (C=O) groups excluding carboxylic acids is 1. The summed E-state index contributed by atoms with van der Waals surface area (Å²) < 4.78 is 6.28. The fraction of sp³-hybridized carbons (Fsp3) is 0.133. The van der Waals surface area contributed by atoms with Crippen molar-refractivity contribution in [2.75, 3.05) is 5.32 Å². The molecule has 7 heteroatoms. The lowest BCUT2D eigenvalue weighted by Crippen LogP contribution is -2.13. The molecule has 1 amide bonds. The number of furan rings is 1. The van der Waals surface area contributed by atoms with Crippen molar-refractivity contribution < 1.29 is 9.21 Å². The molecule has 3 heterocycles. The number of aromatic nitrogens is 2. The molecule has 22 heavy (non-hydrogen) atoms. The quantitative estimate of drug-likeness (QED) is 0.732. The Bertz CT molecular complexity index is 841. The smallest absolute Gasteiger partial charge is 0.268 e. The highest BCUT2D eigenvalue weighted by atomic mass is 79.9. The molecule has 0 aliphatic rings. The molecule has 0 aliphatic heterocycles. The van der Waals surface area contributed by atoms with E-state index in [-0.39, 0.29) is 5.91 Å². The van der Waals surface area contributed by atoms with E-state index < -0.39 is 0 Å². The first-order valence-electron chi connectivity index (χ1n) is 6.50. The predicted octanol–water partition coefficient (Wildman–Crippen LogP) is 4.43. The van der Waals surface area contributed by atoms with E-state index in [1.54, 1.807) is 19.2 Å². The number of rotatable bonds is 3. The molecule has 0 radical (unpaired) electrons. The molecular formula is C15H12BrN3O2S. The van der Waals surface area contributed by atoms with Gasteiger partial charge in [-0.2, -0.15) is 0 Å². The number of hydrogen-bond donors (Lipinski definition) is 1. The summed E-state index contributed by atoms with van der Waals surface area (Å²) in [6, 6.07) is 7.33. The van der Waals surface area contributed by atoms with Gasteiger partial charge in [0.1, 0.15) is 16.5 Å². The molecule has 0 atom stereocenters. The zero-order valence-corrected chi connectivity index (χ0v) is 14.3. The summed E-state index contributed by atoms with van der Waals surface area (Å²) >= 11 is 4.66. The van der Waals surface area contributed by atoms with Crippen LogP contribution in [-0.2, 0) is 0 Å². The van der Waals surface area contributed by atoms with Crippen LogP contribution in [0.3, 0.4) is 0 Å². The van der Waals surface area contributed by atoms with Crippen molar-refractivity contribution in [3.05, 3.63) is 51.3 Å². The van der Waals surface area contributed by atoms with E-state index in [0.29, 0.717) is 27.2 Å². The number of nitrogens with zero attached hydrogens (tertiary/aromatic N) is 2. The lowest BCUT2D eigenvalue weighted by molar-refractivity contribution is 0.102. The largest absolute Gasteiger partial charge is 0.459 e. The Morgan fingerprint density at radius 3 is 2.82 bits per heavy atom. The average molecular weight is 378 g/mol. The molecule has 0 aromatic carbocycles. The van der Waals surface area contributed by atoms with Crippen LogP contribution in [0.4, 0.5) is 5.82 Å². The molecule has 0 saturated heterocycles. The van der Waals surface area contributed by atoms with Crippen LogP contribution in [0.25, 0.3) is 10.8 Å². The fourth-order valence-electron chi connectivity index (χ4n) is 1.90. The maximum absolute atomic E-state index is 12.4. The molecule has 3 aromatic rings. The first-order valence-corrected chi connectivity index (χ1v) is 8.11. The predicted molar refractivity (Wildman–Crippen MR) is 89.2 cm³/mol. The Morgan fingerprint density at radius 2 is 2.14 bits per heavy atom. The van der Waals surface area contributed by atoms with Crippen molar-refractivity contribution in [3.8, 4) is 10.8 Å². The molecule has 5 nitrogen and oxygen atoms in total. The Kier molecular flexibility index (Phi) is 4.08. The van der Waals surface area contributed by atoms with E-state index in [0.717, 1.165) is 10.2 Å². The summed E-state index contributed by atoms with van der Waals surface area (Å²) in [6.07, 6.45) is 1.62. The van der Waals surface area contributed by atoms with E-state index in [1.807, 2.05) is 25.1 Å². The number of aryl methyl sites for hydroxylation is 2. The number of halogens is 1. The minimum Gasteiger partial charge on any atom is -0.459 e. The van der Waals surface area contributed by atoms with Crippen LogP contribution >= 0.6 is 27.3 Å². The number of carbonyl (C=O) groups is 1. The highest BCUT2D eigenvalue weighted by Crippen LogP contribution is 2.30. The summed E-state index contributed by atoms with van der Waals surface area (Å²) in [6.45, 7) is 3.67. The number of nitrogens with one attached hydrogen (secondary N) is 1. The van der Waals surface area contributed by atoms with Gasteiger partial charge in [0, 0.05) is 6.20 Å². The van der Waals surface area contributed by atoms with Crippen molar-refractivity contribution in [1.29, 1.82) is 0 Å². The van der Waals surface area contributed by atoms with Gasteiger partial charge in [-0.25, -0.2) is 9.97 Å². The van der Waals surface area contributed by atoms with Crippen LogP contribution in [0.2, 0.25) is 0 Å².